The Morgan fingerprint density at radius 3 is 2.50 bits per heavy atom. The van der Waals surface area contributed by atoms with Crippen LogP contribution in [-0.4, -0.2) is 21.0 Å². The average molecular weight is 339 g/mol. The predicted octanol–water partition coefficient (Wildman–Crippen LogP) is 3.92. The first kappa shape index (κ1) is 17.3. The Balaban J connectivity index is 2.99. The molecule has 0 spiro atoms. The second-order valence-corrected chi connectivity index (χ2v) is 7.33. The summed E-state index contributed by atoms with van der Waals surface area (Å²) in [5.74, 6) is -0.595. The molecule has 0 radical (unpaired) electrons. The number of hydrogen-bond acceptors (Lipinski definition) is 4. The van der Waals surface area contributed by atoms with Crippen molar-refractivity contribution in [2.24, 2.45) is 0 Å². The lowest BCUT2D eigenvalue weighted by Crippen LogP contribution is -2.09. The molecule has 0 amide bonds. The normalized spacial score (nSPS) is 11.4. The minimum Gasteiger partial charge on any atom is -0.462 e. The maximum absolute atomic E-state index is 11.9. The maximum atomic E-state index is 11.9. The lowest BCUT2D eigenvalue weighted by Gasteiger charge is -2.09. The molecular weight excluding hydrogens is 323 g/mol. The zero-order valence-corrected chi connectivity index (χ0v) is 13.6. The van der Waals surface area contributed by atoms with E-state index >= 15 is 0 Å². The Morgan fingerprint density at radius 2 is 1.95 bits per heavy atom. The molecule has 0 saturated carbocycles. The van der Waals surface area contributed by atoms with Crippen molar-refractivity contribution in [3.63, 3.8) is 0 Å². The molecule has 1 aromatic carbocycles. The molecule has 0 aliphatic heterocycles. The van der Waals surface area contributed by atoms with Crippen molar-refractivity contribution in [3.05, 3.63) is 28.3 Å². The highest BCUT2D eigenvalue weighted by Crippen LogP contribution is 2.26. The van der Waals surface area contributed by atoms with Gasteiger partial charge in [0, 0.05) is 15.7 Å². The van der Waals surface area contributed by atoms with Crippen LogP contribution in [0.5, 0.6) is 0 Å². The van der Waals surface area contributed by atoms with Crippen LogP contribution in [0, 0.1) is 6.92 Å². The molecule has 0 aliphatic carbocycles. The topological polar surface area (TPSA) is 60.4 Å². The van der Waals surface area contributed by atoms with Crippen LogP contribution in [0.4, 0.5) is 0 Å². The number of carbonyl (C=O) groups is 1. The van der Waals surface area contributed by atoms with Crippen molar-refractivity contribution in [3.8, 4) is 0 Å². The third-order valence-corrected chi connectivity index (χ3v) is 4.53. The number of unbranched alkanes of at least 4 members (excludes halogenated alkanes) is 2. The number of esters is 1. The maximum Gasteiger partial charge on any atom is 0.338 e. The van der Waals surface area contributed by atoms with E-state index in [1.54, 1.807) is 6.92 Å². The van der Waals surface area contributed by atoms with Crippen molar-refractivity contribution in [2.45, 2.75) is 38.0 Å². The molecule has 20 heavy (non-hydrogen) atoms. The number of rotatable bonds is 6. The van der Waals surface area contributed by atoms with Crippen molar-refractivity contribution < 1.29 is 17.9 Å². The van der Waals surface area contributed by atoms with E-state index in [0.717, 1.165) is 19.3 Å². The molecule has 0 aromatic heterocycles. The number of halogens is 2. The molecule has 7 heteroatoms. The molecule has 0 bridgehead atoms. The minimum absolute atomic E-state index is 0.119. The fourth-order valence-corrected chi connectivity index (χ4v) is 2.67. The van der Waals surface area contributed by atoms with E-state index in [1.165, 1.54) is 12.1 Å². The molecule has 0 heterocycles. The second kappa shape index (κ2) is 7.29. The molecule has 0 atom stereocenters. The van der Waals surface area contributed by atoms with Gasteiger partial charge in [0.2, 0.25) is 0 Å². The van der Waals surface area contributed by atoms with E-state index in [9.17, 15) is 13.2 Å². The minimum atomic E-state index is -3.95. The number of ether oxygens (including phenoxy) is 1. The van der Waals surface area contributed by atoms with E-state index in [4.69, 9.17) is 27.0 Å². The van der Waals surface area contributed by atoms with Crippen molar-refractivity contribution in [2.75, 3.05) is 6.61 Å². The van der Waals surface area contributed by atoms with Gasteiger partial charge >= 0.3 is 5.97 Å². The van der Waals surface area contributed by atoms with E-state index in [-0.39, 0.29) is 15.5 Å². The zero-order chi connectivity index (χ0) is 15.3. The van der Waals surface area contributed by atoms with Crippen LogP contribution in [0.2, 0.25) is 5.02 Å². The average Bonchev–Trinajstić information content (AvgIpc) is 2.36. The summed E-state index contributed by atoms with van der Waals surface area (Å²) in [6.07, 6.45) is 2.74. The van der Waals surface area contributed by atoms with Gasteiger partial charge in [-0.2, -0.15) is 0 Å². The standard InChI is InChI=1S/C13H16Cl2O4S/c1-3-4-5-6-19-13(16)11-7-10(20(15,17)18)8-12(14)9(11)2/h7-8H,3-6H2,1-2H3. The van der Waals surface area contributed by atoms with E-state index in [1.807, 2.05) is 6.92 Å². The van der Waals surface area contributed by atoms with Crippen molar-refractivity contribution in [1.29, 1.82) is 0 Å². The highest BCUT2D eigenvalue weighted by atomic mass is 35.7. The van der Waals surface area contributed by atoms with Crippen LogP contribution in [-0.2, 0) is 13.8 Å². The van der Waals surface area contributed by atoms with Gasteiger partial charge in [-0.15, -0.1) is 0 Å². The number of carbonyl (C=O) groups excluding carboxylic acids is 1. The summed E-state index contributed by atoms with van der Waals surface area (Å²) < 4.78 is 27.7. The largest absolute Gasteiger partial charge is 0.462 e. The van der Waals surface area contributed by atoms with Crippen LogP contribution < -0.4 is 0 Å². The Bertz CT molecular complexity index is 597. The summed E-state index contributed by atoms with van der Waals surface area (Å²) in [5, 5.41) is 0.159. The number of benzene rings is 1. The van der Waals surface area contributed by atoms with Crippen LogP contribution in [0.1, 0.15) is 42.1 Å². The van der Waals surface area contributed by atoms with Gasteiger partial charge < -0.3 is 4.74 Å². The summed E-state index contributed by atoms with van der Waals surface area (Å²) >= 11 is 5.92. The van der Waals surface area contributed by atoms with Crippen LogP contribution >= 0.6 is 22.3 Å². The summed E-state index contributed by atoms with van der Waals surface area (Å²) in [4.78, 5) is 11.7. The predicted molar refractivity (Wildman–Crippen MR) is 79.0 cm³/mol. The third kappa shape index (κ3) is 4.65. The van der Waals surface area contributed by atoms with Crippen LogP contribution in [0.15, 0.2) is 17.0 Å². The molecule has 0 unspecified atom stereocenters. The Hall–Kier alpha value is -0.780. The monoisotopic (exact) mass is 338 g/mol. The summed E-state index contributed by atoms with van der Waals surface area (Å²) in [6.45, 7) is 3.96. The third-order valence-electron chi connectivity index (χ3n) is 2.80. The first-order chi connectivity index (χ1) is 9.27. The molecule has 1 aromatic rings. The lowest BCUT2D eigenvalue weighted by atomic mass is 10.1. The SMILES string of the molecule is CCCCCOC(=O)c1cc(S(=O)(=O)Cl)cc(Cl)c1C. The van der Waals surface area contributed by atoms with Crippen LogP contribution in [0.25, 0.3) is 0 Å². The first-order valence-electron chi connectivity index (χ1n) is 6.19. The fraction of sp³-hybridized carbons (Fsp3) is 0.462. The first-order valence-corrected chi connectivity index (χ1v) is 8.88. The molecule has 4 nitrogen and oxygen atoms in total. The Morgan fingerprint density at radius 1 is 1.30 bits per heavy atom. The molecule has 1 rings (SSSR count). The van der Waals surface area contributed by atoms with Gasteiger partial charge in [0.05, 0.1) is 17.1 Å². The van der Waals surface area contributed by atoms with Crippen molar-refractivity contribution in [1.82, 2.24) is 0 Å². The quantitative estimate of drug-likeness (QED) is 0.448. The highest BCUT2D eigenvalue weighted by molar-refractivity contribution is 8.13. The van der Waals surface area contributed by atoms with Gasteiger partial charge in [-0.25, -0.2) is 13.2 Å². The van der Waals surface area contributed by atoms with Gasteiger partial charge in [-0.1, -0.05) is 31.4 Å². The molecule has 0 N–H and O–H groups in total. The molecule has 0 aliphatic rings. The molecule has 112 valence electrons. The van der Waals surface area contributed by atoms with Gasteiger partial charge in [0.1, 0.15) is 0 Å². The Kier molecular flexibility index (Phi) is 6.30. The fourth-order valence-electron chi connectivity index (χ4n) is 1.60. The van der Waals surface area contributed by atoms with E-state index < -0.39 is 15.0 Å². The van der Waals surface area contributed by atoms with E-state index in [0.29, 0.717) is 12.2 Å². The molecule has 0 fully saturated rings. The molecular formula is C13H16Cl2O4S. The van der Waals surface area contributed by atoms with Crippen molar-refractivity contribution >= 4 is 37.3 Å². The Labute approximate surface area is 128 Å². The molecule has 0 saturated heterocycles. The smallest absolute Gasteiger partial charge is 0.338 e. The second-order valence-electron chi connectivity index (χ2n) is 4.36. The summed E-state index contributed by atoms with van der Waals surface area (Å²) in [5.41, 5.74) is 0.587. The lowest BCUT2D eigenvalue weighted by molar-refractivity contribution is 0.0497. The summed E-state index contributed by atoms with van der Waals surface area (Å²) in [6, 6.07) is 2.40. The van der Waals surface area contributed by atoms with Crippen LogP contribution in [0.3, 0.4) is 0 Å². The van der Waals surface area contributed by atoms with Gasteiger partial charge in [-0.05, 0) is 31.0 Å². The van der Waals surface area contributed by atoms with E-state index in [2.05, 4.69) is 0 Å². The van der Waals surface area contributed by atoms with Gasteiger partial charge in [0.25, 0.3) is 9.05 Å². The zero-order valence-electron chi connectivity index (χ0n) is 11.3. The highest BCUT2D eigenvalue weighted by Gasteiger charge is 2.19. The van der Waals surface area contributed by atoms with Gasteiger partial charge in [0.15, 0.2) is 0 Å². The van der Waals surface area contributed by atoms with Gasteiger partial charge in [-0.3, -0.25) is 0 Å². The summed E-state index contributed by atoms with van der Waals surface area (Å²) in [7, 11) is 1.32. The number of hydrogen-bond donors (Lipinski definition) is 0.